The topological polar surface area (TPSA) is 21.3 Å². The van der Waals surface area contributed by atoms with Crippen LogP contribution in [-0.2, 0) is 4.74 Å². The van der Waals surface area contributed by atoms with Crippen molar-refractivity contribution in [3.63, 3.8) is 0 Å². The van der Waals surface area contributed by atoms with Gasteiger partial charge in [-0.05, 0) is 47.2 Å². The van der Waals surface area contributed by atoms with E-state index in [1.54, 1.807) is 0 Å². The minimum atomic E-state index is 0.650. The summed E-state index contributed by atoms with van der Waals surface area (Å²) in [5, 5.41) is 4.22. The number of nitrogens with one attached hydrogen (secondary N) is 1. The Balaban J connectivity index is 1.92. The summed E-state index contributed by atoms with van der Waals surface area (Å²) in [6.45, 7) is 2.78. The lowest BCUT2D eigenvalue weighted by atomic mass is 10.1. The van der Waals surface area contributed by atoms with Gasteiger partial charge in [0.2, 0.25) is 0 Å². The second-order valence-corrected chi connectivity index (χ2v) is 5.33. The van der Waals surface area contributed by atoms with E-state index in [-0.39, 0.29) is 0 Å². The Hall–Kier alpha value is -0.000000000000000111. The van der Waals surface area contributed by atoms with Crippen molar-refractivity contribution in [2.45, 2.75) is 6.42 Å². The molecule has 4 heteroatoms. The normalized spacial score (nSPS) is 20.5. The van der Waals surface area contributed by atoms with Gasteiger partial charge < -0.3 is 10.1 Å². The lowest BCUT2D eigenvalue weighted by Crippen LogP contribution is -2.14. The van der Waals surface area contributed by atoms with E-state index >= 15 is 0 Å². The predicted octanol–water partition coefficient (Wildman–Crippen LogP) is 3.39. The van der Waals surface area contributed by atoms with Gasteiger partial charge in [0.15, 0.2) is 0 Å². The first kappa shape index (κ1) is 11.5. The zero-order valence-electron chi connectivity index (χ0n) is 8.30. The number of hydrogen-bond acceptors (Lipinski definition) is 2. The van der Waals surface area contributed by atoms with Gasteiger partial charge in [0.1, 0.15) is 0 Å². The third-order valence-electron chi connectivity index (χ3n) is 2.54. The van der Waals surface area contributed by atoms with Gasteiger partial charge in [-0.15, -0.1) is 0 Å². The highest BCUT2D eigenvalue weighted by Crippen LogP contribution is 2.23. The Morgan fingerprint density at radius 1 is 1.53 bits per heavy atom. The number of benzene rings is 1. The Kier molecular flexibility index (Phi) is 4.11. The largest absolute Gasteiger partial charge is 0.384 e. The first-order chi connectivity index (χ1) is 7.25. The number of halogens is 2. The smallest absolute Gasteiger partial charge is 0.0511 e. The van der Waals surface area contributed by atoms with Crippen LogP contribution in [0.25, 0.3) is 0 Å². The lowest BCUT2D eigenvalue weighted by Gasteiger charge is -2.12. The number of ether oxygens (including phenoxy) is 1. The number of anilines is 1. The van der Waals surface area contributed by atoms with E-state index in [1.807, 2.05) is 18.2 Å². The maximum absolute atomic E-state index is 5.89. The van der Waals surface area contributed by atoms with Crippen LogP contribution in [0.5, 0.6) is 0 Å². The van der Waals surface area contributed by atoms with Crippen LogP contribution in [0.4, 0.5) is 5.69 Å². The highest BCUT2D eigenvalue weighted by atomic mass is 127. The van der Waals surface area contributed by atoms with E-state index < -0.39 is 0 Å². The summed E-state index contributed by atoms with van der Waals surface area (Å²) in [7, 11) is 0. The van der Waals surface area contributed by atoms with Crippen LogP contribution in [0.2, 0.25) is 5.02 Å². The zero-order chi connectivity index (χ0) is 10.7. The minimum Gasteiger partial charge on any atom is -0.384 e. The molecule has 1 atom stereocenters. The molecule has 2 rings (SSSR count). The van der Waals surface area contributed by atoms with Crippen LogP contribution in [-0.4, -0.2) is 19.8 Å². The van der Waals surface area contributed by atoms with Crippen molar-refractivity contribution < 1.29 is 4.74 Å². The second-order valence-electron chi connectivity index (χ2n) is 3.73. The summed E-state index contributed by atoms with van der Waals surface area (Å²) in [5.74, 6) is 0.650. The quantitative estimate of drug-likeness (QED) is 0.854. The fourth-order valence-electron chi connectivity index (χ4n) is 1.63. The summed E-state index contributed by atoms with van der Waals surface area (Å²) in [4.78, 5) is 0. The monoisotopic (exact) mass is 337 g/mol. The van der Waals surface area contributed by atoms with E-state index in [2.05, 4.69) is 27.9 Å². The lowest BCUT2D eigenvalue weighted by molar-refractivity contribution is 0.187. The second kappa shape index (κ2) is 5.37. The van der Waals surface area contributed by atoms with E-state index in [1.165, 1.54) is 3.57 Å². The van der Waals surface area contributed by atoms with Crippen LogP contribution in [0, 0.1) is 9.49 Å². The molecule has 0 saturated carbocycles. The van der Waals surface area contributed by atoms with Crippen molar-refractivity contribution in [2.24, 2.45) is 5.92 Å². The number of hydrogen-bond donors (Lipinski definition) is 1. The third kappa shape index (κ3) is 3.23. The van der Waals surface area contributed by atoms with Crippen LogP contribution >= 0.6 is 34.2 Å². The molecule has 1 aliphatic heterocycles. The van der Waals surface area contributed by atoms with Gasteiger partial charge in [0, 0.05) is 33.3 Å². The molecular weight excluding hydrogens is 324 g/mol. The van der Waals surface area contributed by atoms with E-state index in [0.29, 0.717) is 5.92 Å². The molecule has 2 nitrogen and oxygen atoms in total. The molecule has 0 aromatic heterocycles. The molecule has 15 heavy (non-hydrogen) atoms. The molecule has 1 aromatic rings. The summed E-state index contributed by atoms with van der Waals surface area (Å²) >= 11 is 8.19. The maximum atomic E-state index is 5.89. The van der Waals surface area contributed by atoms with Crippen molar-refractivity contribution in [1.29, 1.82) is 0 Å². The van der Waals surface area contributed by atoms with Gasteiger partial charge in [0.05, 0.1) is 6.61 Å². The average Bonchev–Trinajstić information content (AvgIpc) is 2.69. The molecule has 1 saturated heterocycles. The molecule has 82 valence electrons. The molecule has 0 aliphatic carbocycles. The molecule has 1 aromatic carbocycles. The fraction of sp³-hybridized carbons (Fsp3) is 0.455. The summed E-state index contributed by atoms with van der Waals surface area (Å²) in [6.07, 6.45) is 1.16. The molecule has 1 aliphatic rings. The van der Waals surface area contributed by atoms with Gasteiger partial charge in [-0.1, -0.05) is 11.6 Å². The molecule has 0 spiro atoms. The maximum Gasteiger partial charge on any atom is 0.0511 e. The Morgan fingerprint density at radius 3 is 3.07 bits per heavy atom. The molecular formula is C11H13ClINO. The van der Waals surface area contributed by atoms with Crippen molar-refractivity contribution in [2.75, 3.05) is 25.1 Å². The highest BCUT2D eigenvalue weighted by molar-refractivity contribution is 14.1. The van der Waals surface area contributed by atoms with Crippen molar-refractivity contribution in [1.82, 2.24) is 0 Å². The van der Waals surface area contributed by atoms with Gasteiger partial charge in [-0.2, -0.15) is 0 Å². The van der Waals surface area contributed by atoms with Crippen molar-refractivity contribution in [3.05, 3.63) is 26.8 Å². The first-order valence-electron chi connectivity index (χ1n) is 5.02. The molecule has 0 radical (unpaired) electrons. The van der Waals surface area contributed by atoms with Crippen molar-refractivity contribution >= 4 is 39.9 Å². The third-order valence-corrected chi connectivity index (χ3v) is 3.66. The SMILES string of the molecule is Clc1ccc(NCC2CCOC2)c(I)c1. The van der Waals surface area contributed by atoms with Crippen molar-refractivity contribution in [3.8, 4) is 0 Å². The Bertz CT molecular complexity index is 339. The predicted molar refractivity (Wildman–Crippen MR) is 71.6 cm³/mol. The van der Waals surface area contributed by atoms with Gasteiger partial charge in [-0.25, -0.2) is 0 Å². The molecule has 1 heterocycles. The van der Waals surface area contributed by atoms with E-state index in [0.717, 1.165) is 36.9 Å². The average molecular weight is 338 g/mol. The summed E-state index contributed by atoms with van der Waals surface area (Å²) in [6, 6.07) is 5.91. The Labute approximate surface area is 108 Å². The van der Waals surface area contributed by atoms with Crippen LogP contribution in [0.15, 0.2) is 18.2 Å². The molecule has 1 unspecified atom stereocenters. The highest BCUT2D eigenvalue weighted by Gasteiger charge is 2.15. The Morgan fingerprint density at radius 2 is 2.40 bits per heavy atom. The number of rotatable bonds is 3. The van der Waals surface area contributed by atoms with E-state index in [4.69, 9.17) is 16.3 Å². The standard InChI is InChI=1S/C11H13ClINO/c12-9-1-2-11(10(13)5-9)14-6-8-3-4-15-7-8/h1-2,5,8,14H,3-4,6-7H2. The van der Waals surface area contributed by atoms with Crippen LogP contribution < -0.4 is 5.32 Å². The van der Waals surface area contributed by atoms with Gasteiger partial charge >= 0.3 is 0 Å². The fourth-order valence-corrected chi connectivity index (χ4v) is 2.69. The van der Waals surface area contributed by atoms with Gasteiger partial charge in [-0.3, -0.25) is 0 Å². The summed E-state index contributed by atoms with van der Waals surface area (Å²) in [5.41, 5.74) is 1.16. The summed E-state index contributed by atoms with van der Waals surface area (Å²) < 4.78 is 6.50. The minimum absolute atomic E-state index is 0.650. The molecule has 0 bridgehead atoms. The first-order valence-corrected chi connectivity index (χ1v) is 6.48. The van der Waals surface area contributed by atoms with Crippen LogP contribution in [0.1, 0.15) is 6.42 Å². The molecule has 1 fully saturated rings. The van der Waals surface area contributed by atoms with E-state index in [9.17, 15) is 0 Å². The van der Waals surface area contributed by atoms with Gasteiger partial charge in [0.25, 0.3) is 0 Å². The molecule has 1 N–H and O–H groups in total. The van der Waals surface area contributed by atoms with Crippen LogP contribution in [0.3, 0.4) is 0 Å². The molecule has 0 amide bonds. The zero-order valence-corrected chi connectivity index (χ0v) is 11.2.